The van der Waals surface area contributed by atoms with Gasteiger partial charge in [-0.15, -0.1) is 0 Å². The quantitative estimate of drug-likeness (QED) is 0.791. The zero-order valence-electron chi connectivity index (χ0n) is 10.2. The molecule has 1 saturated carbocycles. The predicted molar refractivity (Wildman–Crippen MR) is 72.4 cm³/mol. The van der Waals surface area contributed by atoms with Crippen molar-refractivity contribution in [2.45, 2.75) is 25.3 Å². The Hall–Kier alpha value is -1.59. The largest absolute Gasteiger partial charge is 0.478 e. The first kappa shape index (κ1) is 13.8. The molecule has 19 heavy (non-hydrogen) atoms. The molecule has 0 aliphatic heterocycles. The molecule has 0 heterocycles. The van der Waals surface area contributed by atoms with E-state index >= 15 is 0 Å². The van der Waals surface area contributed by atoms with E-state index in [9.17, 15) is 9.59 Å². The lowest BCUT2D eigenvalue weighted by molar-refractivity contribution is -0.120. The van der Waals surface area contributed by atoms with Crippen LogP contribution in [0.25, 0.3) is 0 Å². The maximum atomic E-state index is 12.0. The number of carbonyl (C=O) groups is 2. The Morgan fingerprint density at radius 3 is 2.63 bits per heavy atom. The van der Waals surface area contributed by atoms with Crippen LogP contribution >= 0.6 is 11.6 Å². The second kappa shape index (κ2) is 5.59. The minimum Gasteiger partial charge on any atom is -0.478 e. The topological polar surface area (TPSA) is 92.4 Å². The summed E-state index contributed by atoms with van der Waals surface area (Å²) in [4.78, 5) is 22.9. The Morgan fingerprint density at radius 1 is 1.32 bits per heavy atom. The van der Waals surface area contributed by atoms with E-state index < -0.39 is 5.97 Å². The number of hydrogen-bond acceptors (Lipinski definition) is 3. The zero-order valence-corrected chi connectivity index (χ0v) is 11.0. The van der Waals surface area contributed by atoms with Gasteiger partial charge in [-0.1, -0.05) is 18.0 Å². The van der Waals surface area contributed by atoms with Crippen molar-refractivity contribution in [3.63, 3.8) is 0 Å². The molecule has 1 aromatic carbocycles. The number of benzene rings is 1. The van der Waals surface area contributed by atoms with E-state index in [4.69, 9.17) is 22.4 Å². The van der Waals surface area contributed by atoms with Crippen LogP contribution in [0.15, 0.2) is 18.2 Å². The molecule has 1 aliphatic carbocycles. The molecule has 4 N–H and O–H groups in total. The average molecular weight is 283 g/mol. The normalized spacial score (nSPS) is 22.2. The van der Waals surface area contributed by atoms with Crippen LogP contribution in [0, 0.1) is 5.92 Å². The highest BCUT2D eigenvalue weighted by Crippen LogP contribution is 2.26. The molecule has 0 spiro atoms. The van der Waals surface area contributed by atoms with Crippen LogP contribution < -0.4 is 11.1 Å². The summed E-state index contributed by atoms with van der Waals surface area (Å²) in [5.41, 5.74) is 6.28. The highest BCUT2D eigenvalue weighted by atomic mass is 35.5. The minimum atomic E-state index is -1.09. The van der Waals surface area contributed by atoms with E-state index in [2.05, 4.69) is 5.32 Å². The Bertz CT molecular complexity index is 519. The maximum absolute atomic E-state index is 12.0. The van der Waals surface area contributed by atoms with Crippen LogP contribution in [-0.4, -0.2) is 23.0 Å². The Morgan fingerprint density at radius 2 is 2.05 bits per heavy atom. The van der Waals surface area contributed by atoms with E-state index in [-0.39, 0.29) is 28.5 Å². The van der Waals surface area contributed by atoms with Crippen molar-refractivity contribution in [1.29, 1.82) is 0 Å². The predicted octanol–water partition coefficient (Wildman–Crippen LogP) is 2.10. The van der Waals surface area contributed by atoms with Crippen molar-refractivity contribution in [3.8, 4) is 0 Å². The summed E-state index contributed by atoms with van der Waals surface area (Å²) < 4.78 is 0. The van der Waals surface area contributed by atoms with Crippen molar-refractivity contribution >= 4 is 29.2 Å². The average Bonchev–Trinajstić information content (AvgIpc) is 2.74. The second-order valence-corrected chi connectivity index (χ2v) is 5.16. The molecule has 1 amide bonds. The SMILES string of the molecule is NC1CCCC1C(=O)Nc1cc(Cl)cc(C(=O)O)c1. The number of aromatic carboxylic acids is 1. The van der Waals surface area contributed by atoms with Crippen molar-refractivity contribution in [1.82, 2.24) is 0 Å². The molecule has 6 heteroatoms. The summed E-state index contributed by atoms with van der Waals surface area (Å²) in [6.07, 6.45) is 2.54. The highest BCUT2D eigenvalue weighted by molar-refractivity contribution is 6.31. The van der Waals surface area contributed by atoms with Gasteiger partial charge in [-0.3, -0.25) is 4.79 Å². The molecule has 1 aromatic rings. The van der Waals surface area contributed by atoms with E-state index in [0.29, 0.717) is 5.69 Å². The second-order valence-electron chi connectivity index (χ2n) is 4.72. The summed E-state index contributed by atoms with van der Waals surface area (Å²) >= 11 is 5.83. The molecule has 2 rings (SSSR count). The van der Waals surface area contributed by atoms with Crippen molar-refractivity contribution in [3.05, 3.63) is 28.8 Å². The van der Waals surface area contributed by atoms with Gasteiger partial charge in [0.1, 0.15) is 0 Å². The van der Waals surface area contributed by atoms with Gasteiger partial charge in [-0.2, -0.15) is 0 Å². The number of carbonyl (C=O) groups excluding carboxylic acids is 1. The van der Waals surface area contributed by atoms with E-state index in [1.807, 2.05) is 0 Å². The van der Waals surface area contributed by atoms with Gasteiger partial charge < -0.3 is 16.2 Å². The molecule has 102 valence electrons. The van der Waals surface area contributed by atoms with Gasteiger partial charge in [0.05, 0.1) is 11.5 Å². The Labute approximate surface area is 115 Å². The molecular formula is C13H15ClN2O3. The maximum Gasteiger partial charge on any atom is 0.335 e. The Balaban J connectivity index is 2.14. The van der Waals surface area contributed by atoms with Gasteiger partial charge in [0, 0.05) is 16.8 Å². The number of rotatable bonds is 3. The van der Waals surface area contributed by atoms with Crippen LogP contribution in [0.3, 0.4) is 0 Å². The molecule has 0 radical (unpaired) electrons. The summed E-state index contributed by atoms with van der Waals surface area (Å²) in [6.45, 7) is 0. The molecule has 0 aromatic heterocycles. The van der Waals surface area contributed by atoms with Gasteiger partial charge in [0.15, 0.2) is 0 Å². The number of carboxylic acid groups (broad SMARTS) is 1. The first-order chi connectivity index (χ1) is 8.97. The number of nitrogens with one attached hydrogen (secondary N) is 1. The molecule has 1 aliphatic rings. The van der Waals surface area contributed by atoms with E-state index in [1.54, 1.807) is 0 Å². The lowest BCUT2D eigenvalue weighted by Gasteiger charge is -2.15. The summed E-state index contributed by atoms with van der Waals surface area (Å²) in [5, 5.41) is 11.9. The highest BCUT2D eigenvalue weighted by Gasteiger charge is 2.30. The van der Waals surface area contributed by atoms with Crippen LogP contribution in [0.2, 0.25) is 5.02 Å². The summed E-state index contributed by atoms with van der Waals surface area (Å²) in [5.74, 6) is -1.48. The van der Waals surface area contributed by atoms with E-state index in [1.165, 1.54) is 18.2 Å². The third kappa shape index (κ3) is 3.24. The number of nitrogens with two attached hydrogens (primary N) is 1. The minimum absolute atomic E-state index is 0.0403. The van der Waals surface area contributed by atoms with Crippen molar-refractivity contribution < 1.29 is 14.7 Å². The molecule has 2 atom stereocenters. The van der Waals surface area contributed by atoms with Crippen molar-refractivity contribution in [2.75, 3.05) is 5.32 Å². The van der Waals surface area contributed by atoms with Crippen LogP contribution in [0.1, 0.15) is 29.6 Å². The number of halogens is 1. The number of amides is 1. The van der Waals surface area contributed by atoms with Crippen LogP contribution in [0.4, 0.5) is 5.69 Å². The molecule has 0 bridgehead atoms. The fraction of sp³-hybridized carbons (Fsp3) is 0.385. The van der Waals surface area contributed by atoms with Gasteiger partial charge in [0.25, 0.3) is 0 Å². The fourth-order valence-electron chi connectivity index (χ4n) is 2.33. The zero-order chi connectivity index (χ0) is 14.0. The van der Waals surface area contributed by atoms with E-state index in [0.717, 1.165) is 19.3 Å². The monoisotopic (exact) mass is 282 g/mol. The first-order valence-electron chi connectivity index (χ1n) is 6.07. The first-order valence-corrected chi connectivity index (χ1v) is 6.45. The third-order valence-corrected chi connectivity index (χ3v) is 3.54. The van der Waals surface area contributed by atoms with Crippen molar-refractivity contribution in [2.24, 2.45) is 11.7 Å². The Kier molecular flexibility index (Phi) is 4.07. The smallest absolute Gasteiger partial charge is 0.335 e. The third-order valence-electron chi connectivity index (χ3n) is 3.32. The molecular weight excluding hydrogens is 268 g/mol. The lowest BCUT2D eigenvalue weighted by atomic mass is 10.0. The van der Waals surface area contributed by atoms with Crippen LogP contribution in [0.5, 0.6) is 0 Å². The summed E-state index contributed by atoms with van der Waals surface area (Å²) in [7, 11) is 0. The van der Waals surface area contributed by atoms with Gasteiger partial charge in [-0.05, 0) is 31.0 Å². The number of hydrogen-bond donors (Lipinski definition) is 3. The van der Waals surface area contributed by atoms with Gasteiger partial charge in [-0.25, -0.2) is 4.79 Å². The fourth-order valence-corrected chi connectivity index (χ4v) is 2.57. The van der Waals surface area contributed by atoms with Gasteiger partial charge in [0.2, 0.25) is 5.91 Å². The number of anilines is 1. The van der Waals surface area contributed by atoms with Gasteiger partial charge >= 0.3 is 5.97 Å². The molecule has 2 unspecified atom stereocenters. The summed E-state index contributed by atoms with van der Waals surface area (Å²) in [6, 6.07) is 4.11. The van der Waals surface area contributed by atoms with Crippen LogP contribution in [-0.2, 0) is 4.79 Å². The standard InChI is InChI=1S/C13H15ClN2O3/c14-8-4-7(13(18)19)5-9(6-8)16-12(17)10-2-1-3-11(10)15/h4-6,10-11H,1-3,15H2,(H,16,17)(H,18,19). The number of carboxylic acids is 1. The molecule has 1 fully saturated rings. The lowest BCUT2D eigenvalue weighted by Crippen LogP contribution is -2.34. The molecule has 0 saturated heterocycles. The molecule has 5 nitrogen and oxygen atoms in total.